The molecule has 0 aliphatic rings. The summed E-state index contributed by atoms with van der Waals surface area (Å²) in [6, 6.07) is 89.5. The minimum Gasteiger partial charge on any atom is -0.307 e. The van der Waals surface area contributed by atoms with Crippen LogP contribution in [-0.4, -0.2) is 28.2 Å². The van der Waals surface area contributed by atoms with Gasteiger partial charge in [-0.3, -0.25) is 0 Å². The Hall–Kier alpha value is -10.8. The summed E-state index contributed by atoms with van der Waals surface area (Å²) < 4.78 is 9.82. The van der Waals surface area contributed by atoms with Crippen LogP contribution < -0.4 is 0 Å². The fourth-order valence-corrected chi connectivity index (χ4v) is 14.7. The van der Waals surface area contributed by atoms with Crippen molar-refractivity contribution in [3.8, 4) is 62.7 Å². The molecule has 0 fully saturated rings. The van der Waals surface area contributed by atoms with E-state index in [2.05, 4.69) is 344 Å². The Morgan fingerprint density at radius 3 is 0.872 bits per heavy atom. The van der Waals surface area contributed by atoms with E-state index in [4.69, 9.17) is 9.97 Å². The van der Waals surface area contributed by atoms with Gasteiger partial charge >= 0.3 is 0 Å². The van der Waals surface area contributed by atoms with Gasteiger partial charge in [-0.15, -0.1) is 0 Å². The highest BCUT2D eigenvalue weighted by Gasteiger charge is 2.37. The summed E-state index contributed by atoms with van der Waals surface area (Å²) in [4.78, 5) is 12.0. The number of hydrogen-bond acceptors (Lipinski definition) is 3. The second-order valence-electron chi connectivity index (χ2n) is 29.8. The maximum Gasteiger partial charge on any atom is 0.164 e. The number of benzene rings is 11. The Kier molecular flexibility index (Phi) is 13.1. The maximum atomic E-state index is 13.4. The van der Waals surface area contributed by atoms with Gasteiger partial charge in [0.1, 0.15) is 11.6 Å². The van der Waals surface area contributed by atoms with Crippen LogP contribution in [0.3, 0.4) is 0 Å². The average molecular weight is 1220 g/mol. The first kappa shape index (κ1) is 58.3. The lowest BCUT2D eigenvalue weighted by Gasteiger charge is -2.29. The summed E-state index contributed by atoms with van der Waals surface area (Å²) in [5.74, 6) is 0.469. The topological polar surface area (TPSA) is 69.3 Å². The first-order valence-electron chi connectivity index (χ1n) is 33.0. The van der Waals surface area contributed by atoms with Gasteiger partial charge in [0.25, 0.3) is 0 Å². The molecule has 16 rings (SSSR count). The Labute approximate surface area is 549 Å². The van der Waals surface area contributed by atoms with Crippen molar-refractivity contribution in [1.29, 1.82) is 5.26 Å². The zero-order chi connectivity index (χ0) is 64.9. The van der Waals surface area contributed by atoms with Crippen molar-refractivity contribution in [2.24, 2.45) is 0 Å². The summed E-state index contributed by atoms with van der Waals surface area (Å²) in [6.45, 7) is 27.5. The van der Waals surface area contributed by atoms with Gasteiger partial charge in [0.15, 0.2) is 5.82 Å². The smallest absolute Gasteiger partial charge is 0.164 e. The Morgan fingerprint density at radius 2 is 0.553 bits per heavy atom. The van der Waals surface area contributed by atoms with Crippen molar-refractivity contribution >= 4 is 87.2 Å². The van der Waals surface area contributed by atoms with Crippen molar-refractivity contribution in [2.45, 2.75) is 105 Å². The average Bonchev–Trinajstić information content (AvgIpc) is 1.44. The van der Waals surface area contributed by atoms with E-state index in [-0.39, 0.29) is 21.7 Å². The molecule has 0 spiro atoms. The number of nitriles is 1. The molecule has 7 nitrogen and oxygen atoms in total. The SMILES string of the molecule is CC(C)(C)c1ccc2c(c1)c1ccccc1n2-c1c(C#N)c(-n2c3ccccc3c3cc(C(C)(C)C)ccc32)c(-n2c3ccccc3c3cc(C(C)(C)C)ccc32)c(-n2c3ccccc3c3cc(C(C)(C)C)ccc32)c1-c1nc(-c2ccccc2)cc(-c2ccccc2)n1. The van der Waals surface area contributed by atoms with Crippen LogP contribution in [-0.2, 0) is 21.7 Å². The van der Waals surface area contributed by atoms with Crippen LogP contribution in [0.5, 0.6) is 0 Å². The molecule has 11 aromatic carbocycles. The standard InChI is InChI=1S/C87H75N7/c1-84(2,3)55-39-43-74-63(47-55)59-31-19-23-35-70(59)91(74)79-67(52-88)80(92-71-36-24-20-32-60(71)64-48-56(85(4,5)6)40-44-75(64)92)82(94-73-38-26-22-34-62(73)66-50-58(87(10,11)12)42-46-77(66)94)81(93-72-37-25-21-33-61(72)65-49-57(86(7,8)9)41-45-76(65)93)78(79)83-89-68(53-27-15-13-16-28-53)51-69(90-83)54-29-17-14-18-30-54/h13-51H,1-12H3. The summed E-state index contributed by atoms with van der Waals surface area (Å²) >= 11 is 0. The van der Waals surface area contributed by atoms with Gasteiger partial charge in [-0.2, -0.15) is 5.26 Å². The first-order chi connectivity index (χ1) is 45.2. The second kappa shape index (κ2) is 21.1. The molecule has 0 amide bonds. The van der Waals surface area contributed by atoms with E-state index >= 15 is 0 Å². The third-order valence-corrected chi connectivity index (χ3v) is 19.6. The highest BCUT2D eigenvalue weighted by atomic mass is 15.1. The third kappa shape index (κ3) is 9.13. The molecule has 0 unspecified atom stereocenters. The predicted octanol–water partition coefficient (Wildman–Crippen LogP) is 22.9. The fraction of sp³-hybridized carbons (Fsp3) is 0.184. The van der Waals surface area contributed by atoms with Gasteiger partial charge < -0.3 is 18.3 Å². The quantitative estimate of drug-likeness (QED) is 0.160. The minimum atomic E-state index is -0.163. The lowest BCUT2D eigenvalue weighted by molar-refractivity contribution is 0.591. The van der Waals surface area contributed by atoms with Crippen molar-refractivity contribution < 1.29 is 0 Å². The Morgan fingerprint density at radius 1 is 0.277 bits per heavy atom. The highest BCUT2D eigenvalue weighted by molar-refractivity contribution is 6.17. The Bertz CT molecular complexity index is 5770. The largest absolute Gasteiger partial charge is 0.307 e. The molecule has 0 saturated heterocycles. The normalized spacial score (nSPS) is 12.7. The van der Waals surface area contributed by atoms with Crippen LogP contribution in [0, 0.1) is 11.3 Å². The molecule has 94 heavy (non-hydrogen) atoms. The van der Waals surface area contributed by atoms with E-state index in [0.29, 0.717) is 22.6 Å². The van der Waals surface area contributed by atoms with Crippen LogP contribution in [0.15, 0.2) is 237 Å². The molecule has 0 aliphatic carbocycles. The highest BCUT2D eigenvalue weighted by Crippen LogP contribution is 2.53. The number of nitrogens with zero attached hydrogens (tertiary/aromatic N) is 7. The molecule has 5 heterocycles. The number of fused-ring (bicyclic) bond motifs is 12. The third-order valence-electron chi connectivity index (χ3n) is 19.6. The molecular weight excluding hydrogens is 1140 g/mol. The van der Waals surface area contributed by atoms with E-state index in [9.17, 15) is 5.26 Å². The van der Waals surface area contributed by atoms with Crippen LogP contribution in [0.25, 0.3) is 144 Å². The summed E-state index contributed by atoms with van der Waals surface area (Å²) in [5, 5.41) is 22.2. The second-order valence-corrected chi connectivity index (χ2v) is 29.8. The molecule has 0 atom stereocenters. The molecule has 16 aromatic rings. The molecule has 0 bridgehead atoms. The van der Waals surface area contributed by atoms with Crippen molar-refractivity contribution in [3.63, 3.8) is 0 Å². The number of aromatic nitrogens is 6. The van der Waals surface area contributed by atoms with Crippen molar-refractivity contribution in [1.82, 2.24) is 28.2 Å². The summed E-state index contributed by atoms with van der Waals surface area (Å²) in [7, 11) is 0. The van der Waals surface area contributed by atoms with E-state index in [1.807, 2.05) is 0 Å². The lowest BCUT2D eigenvalue weighted by Crippen LogP contribution is -2.17. The molecule has 0 N–H and O–H groups in total. The monoisotopic (exact) mass is 1220 g/mol. The van der Waals surface area contributed by atoms with Gasteiger partial charge in [-0.05, 0) is 123 Å². The van der Waals surface area contributed by atoms with Crippen LogP contribution >= 0.6 is 0 Å². The summed E-state index contributed by atoms with van der Waals surface area (Å²) in [6.07, 6.45) is 0. The molecule has 7 heteroatoms. The zero-order valence-corrected chi connectivity index (χ0v) is 55.6. The summed E-state index contributed by atoms with van der Waals surface area (Å²) in [5.41, 5.74) is 19.7. The number of rotatable bonds is 7. The van der Waals surface area contributed by atoms with E-state index in [1.165, 1.54) is 22.3 Å². The maximum absolute atomic E-state index is 13.4. The number of para-hydroxylation sites is 4. The molecule has 0 radical (unpaired) electrons. The molecule has 5 aromatic heterocycles. The van der Waals surface area contributed by atoms with Gasteiger partial charge in [0.05, 0.1) is 83.8 Å². The van der Waals surface area contributed by atoms with Crippen molar-refractivity contribution in [2.75, 3.05) is 0 Å². The number of hydrogen-bond donors (Lipinski definition) is 0. The van der Waals surface area contributed by atoms with E-state index in [1.54, 1.807) is 0 Å². The van der Waals surface area contributed by atoms with Gasteiger partial charge in [0.2, 0.25) is 0 Å². The zero-order valence-electron chi connectivity index (χ0n) is 55.6. The van der Waals surface area contributed by atoms with Crippen LogP contribution in [0.1, 0.15) is 111 Å². The molecule has 0 saturated carbocycles. The van der Waals surface area contributed by atoms with Gasteiger partial charge in [0, 0.05) is 54.2 Å². The van der Waals surface area contributed by atoms with E-state index < -0.39 is 0 Å². The lowest BCUT2D eigenvalue weighted by atomic mass is 9.86. The van der Waals surface area contributed by atoms with Gasteiger partial charge in [-0.25, -0.2) is 9.97 Å². The van der Waals surface area contributed by atoms with Crippen molar-refractivity contribution in [3.05, 3.63) is 264 Å². The minimum absolute atomic E-state index is 0.156. The molecule has 0 aliphatic heterocycles. The predicted molar refractivity (Wildman–Crippen MR) is 395 cm³/mol. The fourth-order valence-electron chi connectivity index (χ4n) is 14.7. The van der Waals surface area contributed by atoms with Crippen LogP contribution in [0.4, 0.5) is 0 Å². The van der Waals surface area contributed by atoms with Crippen LogP contribution in [0.2, 0.25) is 0 Å². The molecule has 458 valence electrons. The molecular formula is C87H75N7. The van der Waals surface area contributed by atoms with E-state index in [0.717, 1.165) is 127 Å². The first-order valence-corrected chi connectivity index (χ1v) is 33.0. The van der Waals surface area contributed by atoms with Gasteiger partial charge in [-0.1, -0.05) is 241 Å². The Balaban J connectivity index is 1.27.